The monoisotopic (exact) mass is 223 g/mol. The third-order valence-electron chi connectivity index (χ3n) is 2.01. The summed E-state index contributed by atoms with van der Waals surface area (Å²) in [5, 5.41) is 4.98. The van der Waals surface area contributed by atoms with Crippen molar-refractivity contribution in [1.82, 2.24) is 14.8 Å². The highest BCUT2D eigenvalue weighted by molar-refractivity contribution is 7.71. The highest BCUT2D eigenvalue weighted by atomic mass is 32.1. The minimum atomic E-state index is -0.287. The number of hydrogen-bond acceptors (Lipinski definition) is 3. The first-order valence-corrected chi connectivity index (χ1v) is 4.67. The number of ether oxygens (including phenoxy) is 1. The molecule has 6 heteroatoms. The van der Waals surface area contributed by atoms with E-state index in [1.807, 2.05) is 0 Å². The van der Waals surface area contributed by atoms with Gasteiger partial charge in [0.1, 0.15) is 5.75 Å². The summed E-state index contributed by atoms with van der Waals surface area (Å²) < 4.78 is 6.73. The van der Waals surface area contributed by atoms with Gasteiger partial charge < -0.3 is 4.74 Å². The first kappa shape index (κ1) is 9.72. The number of hydrogen-bond donors (Lipinski definition) is 2. The summed E-state index contributed by atoms with van der Waals surface area (Å²) >= 11 is 4.96. The fourth-order valence-corrected chi connectivity index (χ4v) is 1.52. The number of aromatic amines is 2. The van der Waals surface area contributed by atoms with Gasteiger partial charge in [-0.25, -0.2) is 14.5 Å². The molecule has 2 aromatic rings. The Bertz CT molecular complexity index is 537. The van der Waals surface area contributed by atoms with Gasteiger partial charge in [-0.05, 0) is 36.5 Å². The van der Waals surface area contributed by atoms with Crippen LogP contribution in [0.5, 0.6) is 5.75 Å². The Kier molecular flexibility index (Phi) is 2.42. The van der Waals surface area contributed by atoms with Crippen LogP contribution in [0.2, 0.25) is 0 Å². The number of nitrogens with one attached hydrogen (secondary N) is 2. The summed E-state index contributed by atoms with van der Waals surface area (Å²) in [5.74, 6) is 0.734. The Morgan fingerprint density at radius 1 is 1.27 bits per heavy atom. The number of benzene rings is 1. The Morgan fingerprint density at radius 3 is 2.40 bits per heavy atom. The lowest BCUT2D eigenvalue weighted by Gasteiger charge is -2.02. The molecule has 0 aliphatic heterocycles. The molecule has 5 nitrogen and oxygen atoms in total. The number of methoxy groups -OCH3 is 1. The predicted octanol–water partition coefficient (Wildman–Crippen LogP) is 1.23. The second kappa shape index (κ2) is 3.74. The molecule has 2 rings (SSSR count). The van der Waals surface area contributed by atoms with Crippen molar-refractivity contribution in [3.8, 4) is 11.4 Å². The van der Waals surface area contributed by atoms with Crippen LogP contribution >= 0.6 is 12.2 Å². The lowest BCUT2D eigenvalue weighted by atomic mass is 10.3. The molecule has 15 heavy (non-hydrogen) atoms. The molecule has 0 saturated heterocycles. The fourth-order valence-electron chi connectivity index (χ4n) is 1.28. The molecule has 1 aromatic carbocycles. The normalized spacial score (nSPS) is 10.2. The van der Waals surface area contributed by atoms with Crippen molar-refractivity contribution < 1.29 is 4.74 Å². The first-order valence-electron chi connectivity index (χ1n) is 4.26. The summed E-state index contributed by atoms with van der Waals surface area (Å²) in [6.45, 7) is 0. The van der Waals surface area contributed by atoms with E-state index in [2.05, 4.69) is 10.2 Å². The minimum Gasteiger partial charge on any atom is -0.497 e. The van der Waals surface area contributed by atoms with Crippen LogP contribution in [0.3, 0.4) is 0 Å². The van der Waals surface area contributed by atoms with Gasteiger partial charge in [0.05, 0.1) is 12.8 Å². The maximum atomic E-state index is 11.4. The van der Waals surface area contributed by atoms with Crippen LogP contribution in [-0.2, 0) is 0 Å². The molecule has 0 saturated carbocycles. The Hall–Kier alpha value is -1.82. The van der Waals surface area contributed by atoms with Crippen molar-refractivity contribution >= 4 is 12.2 Å². The molecule has 0 radical (unpaired) electrons. The van der Waals surface area contributed by atoms with Gasteiger partial charge in [0.15, 0.2) is 0 Å². The van der Waals surface area contributed by atoms with Crippen LogP contribution in [0.25, 0.3) is 5.69 Å². The average Bonchev–Trinajstić information content (AvgIpc) is 2.59. The molecule has 2 N–H and O–H groups in total. The molecule has 0 spiro atoms. The van der Waals surface area contributed by atoms with E-state index >= 15 is 0 Å². The van der Waals surface area contributed by atoms with Crippen molar-refractivity contribution in [3.05, 3.63) is 39.5 Å². The second-order valence-corrected chi connectivity index (χ2v) is 3.28. The SMILES string of the molecule is COc1ccc(-n2c(=O)[nH][nH]c2=S)cc1. The van der Waals surface area contributed by atoms with E-state index in [4.69, 9.17) is 17.0 Å². The van der Waals surface area contributed by atoms with Crippen LogP contribution < -0.4 is 10.4 Å². The van der Waals surface area contributed by atoms with E-state index in [0.29, 0.717) is 10.5 Å². The number of nitrogens with zero attached hydrogens (tertiary/aromatic N) is 1. The molecule has 78 valence electrons. The molecule has 1 aromatic heterocycles. The van der Waals surface area contributed by atoms with E-state index in [0.717, 1.165) is 5.75 Å². The van der Waals surface area contributed by atoms with Crippen LogP contribution in [0.15, 0.2) is 29.1 Å². The zero-order valence-corrected chi connectivity index (χ0v) is 8.80. The molecular weight excluding hydrogens is 214 g/mol. The standard InChI is InChI=1S/C9H9N3O2S/c1-14-7-4-2-6(3-5-7)12-8(13)10-11-9(12)15/h2-5H,1H3,(H,10,13)(H,11,15). The Labute approximate surface area is 90.3 Å². The van der Waals surface area contributed by atoms with E-state index in [1.54, 1.807) is 31.4 Å². The molecule has 0 atom stereocenters. The van der Waals surface area contributed by atoms with E-state index in [-0.39, 0.29) is 5.69 Å². The number of aromatic nitrogens is 3. The van der Waals surface area contributed by atoms with Crippen LogP contribution in [-0.4, -0.2) is 21.9 Å². The van der Waals surface area contributed by atoms with Crippen molar-refractivity contribution in [1.29, 1.82) is 0 Å². The fraction of sp³-hybridized carbons (Fsp3) is 0.111. The Morgan fingerprint density at radius 2 is 1.93 bits per heavy atom. The molecular formula is C9H9N3O2S. The number of rotatable bonds is 2. The quantitative estimate of drug-likeness (QED) is 0.753. The Balaban J connectivity index is 2.55. The maximum absolute atomic E-state index is 11.4. The lowest BCUT2D eigenvalue weighted by Crippen LogP contribution is -2.14. The zero-order chi connectivity index (χ0) is 10.8. The summed E-state index contributed by atoms with van der Waals surface area (Å²) in [6, 6.07) is 7.06. The number of H-pyrrole nitrogens is 2. The summed E-state index contributed by atoms with van der Waals surface area (Å²) in [5.41, 5.74) is 0.411. The van der Waals surface area contributed by atoms with Gasteiger partial charge >= 0.3 is 5.69 Å². The van der Waals surface area contributed by atoms with Gasteiger partial charge in [-0.15, -0.1) is 0 Å². The molecule has 0 fully saturated rings. The van der Waals surface area contributed by atoms with Gasteiger partial charge in [-0.3, -0.25) is 5.10 Å². The molecule has 0 unspecified atom stereocenters. The summed E-state index contributed by atoms with van der Waals surface area (Å²) in [7, 11) is 1.59. The average molecular weight is 223 g/mol. The van der Waals surface area contributed by atoms with Crippen LogP contribution in [0.4, 0.5) is 0 Å². The third kappa shape index (κ3) is 1.71. The molecule has 0 bridgehead atoms. The smallest absolute Gasteiger partial charge is 0.347 e. The van der Waals surface area contributed by atoms with Crippen LogP contribution in [0, 0.1) is 4.77 Å². The molecule has 0 aliphatic carbocycles. The van der Waals surface area contributed by atoms with Crippen molar-refractivity contribution in [2.24, 2.45) is 0 Å². The second-order valence-electron chi connectivity index (χ2n) is 2.89. The van der Waals surface area contributed by atoms with Gasteiger partial charge in [0.2, 0.25) is 4.77 Å². The van der Waals surface area contributed by atoms with Gasteiger partial charge in [-0.2, -0.15) is 0 Å². The van der Waals surface area contributed by atoms with Gasteiger partial charge in [0, 0.05) is 0 Å². The molecule has 0 amide bonds. The molecule has 0 aliphatic rings. The molecule has 1 heterocycles. The van der Waals surface area contributed by atoms with Crippen molar-refractivity contribution in [3.63, 3.8) is 0 Å². The first-order chi connectivity index (χ1) is 7.22. The largest absolute Gasteiger partial charge is 0.497 e. The summed E-state index contributed by atoms with van der Waals surface area (Å²) in [4.78, 5) is 11.4. The van der Waals surface area contributed by atoms with Gasteiger partial charge in [-0.1, -0.05) is 0 Å². The minimum absolute atomic E-state index is 0.287. The van der Waals surface area contributed by atoms with Crippen LogP contribution in [0.1, 0.15) is 0 Å². The highest BCUT2D eigenvalue weighted by Crippen LogP contribution is 2.13. The van der Waals surface area contributed by atoms with E-state index in [1.165, 1.54) is 4.57 Å². The van der Waals surface area contributed by atoms with Crippen molar-refractivity contribution in [2.75, 3.05) is 7.11 Å². The predicted molar refractivity (Wildman–Crippen MR) is 58.1 cm³/mol. The maximum Gasteiger partial charge on any atom is 0.347 e. The van der Waals surface area contributed by atoms with E-state index < -0.39 is 0 Å². The van der Waals surface area contributed by atoms with Crippen molar-refractivity contribution in [2.45, 2.75) is 0 Å². The summed E-state index contributed by atoms with van der Waals surface area (Å²) in [6.07, 6.45) is 0. The van der Waals surface area contributed by atoms with Gasteiger partial charge in [0.25, 0.3) is 0 Å². The van der Waals surface area contributed by atoms with E-state index in [9.17, 15) is 4.79 Å². The topological polar surface area (TPSA) is 62.8 Å². The highest BCUT2D eigenvalue weighted by Gasteiger charge is 2.02. The third-order valence-corrected chi connectivity index (χ3v) is 2.30. The lowest BCUT2D eigenvalue weighted by molar-refractivity contribution is 0.414. The zero-order valence-electron chi connectivity index (χ0n) is 7.98.